The average molecular weight is 424 g/mol. The van der Waals surface area contributed by atoms with Gasteiger partial charge in [0.25, 0.3) is 11.8 Å². The second kappa shape index (κ2) is 9.16. The molecule has 1 aliphatic carbocycles. The number of nitrogens with zero attached hydrogens (tertiary/aromatic N) is 1. The van der Waals surface area contributed by atoms with Gasteiger partial charge in [0.05, 0.1) is 5.56 Å². The maximum absolute atomic E-state index is 13.9. The van der Waals surface area contributed by atoms with Crippen molar-refractivity contribution in [2.75, 3.05) is 18.4 Å². The molecule has 2 aliphatic rings. The summed E-state index contributed by atoms with van der Waals surface area (Å²) in [6.07, 6.45) is 3.18. The van der Waals surface area contributed by atoms with Crippen LogP contribution in [0, 0.1) is 5.82 Å². The van der Waals surface area contributed by atoms with E-state index in [4.69, 9.17) is 0 Å². The van der Waals surface area contributed by atoms with E-state index in [1.807, 2.05) is 0 Å². The summed E-state index contributed by atoms with van der Waals surface area (Å²) in [5, 5.41) is 8.57. The van der Waals surface area contributed by atoms with Gasteiger partial charge in [0.15, 0.2) is 0 Å². The van der Waals surface area contributed by atoms with E-state index < -0.39 is 5.82 Å². The Morgan fingerprint density at radius 3 is 2.29 bits per heavy atom. The van der Waals surface area contributed by atoms with Gasteiger partial charge in [-0.1, -0.05) is 18.2 Å². The number of piperidine rings is 1. The Bertz CT molecular complexity index is 984. The maximum Gasteiger partial charge on any atom is 0.319 e. The lowest BCUT2D eigenvalue weighted by Crippen LogP contribution is -2.46. The molecule has 162 valence electrons. The molecule has 2 aromatic rings. The van der Waals surface area contributed by atoms with Crippen molar-refractivity contribution in [3.05, 3.63) is 65.5 Å². The van der Waals surface area contributed by atoms with E-state index in [1.54, 1.807) is 41.3 Å². The Morgan fingerprint density at radius 2 is 1.58 bits per heavy atom. The van der Waals surface area contributed by atoms with E-state index in [1.165, 1.54) is 12.1 Å². The molecule has 1 saturated carbocycles. The summed E-state index contributed by atoms with van der Waals surface area (Å²) < 4.78 is 13.9. The molecule has 2 aromatic carbocycles. The lowest BCUT2D eigenvalue weighted by molar-refractivity contribution is 0.0693. The van der Waals surface area contributed by atoms with Crippen molar-refractivity contribution in [1.82, 2.24) is 15.5 Å². The van der Waals surface area contributed by atoms with Gasteiger partial charge in [-0.3, -0.25) is 9.59 Å². The van der Waals surface area contributed by atoms with Gasteiger partial charge in [-0.25, -0.2) is 9.18 Å². The monoisotopic (exact) mass is 424 g/mol. The van der Waals surface area contributed by atoms with Crippen LogP contribution in [0.15, 0.2) is 48.5 Å². The molecule has 31 heavy (non-hydrogen) atoms. The van der Waals surface area contributed by atoms with Crippen LogP contribution in [-0.4, -0.2) is 47.9 Å². The molecule has 0 spiro atoms. The second-order valence-electron chi connectivity index (χ2n) is 7.97. The number of nitrogens with one attached hydrogen (secondary N) is 3. The first-order valence-corrected chi connectivity index (χ1v) is 10.5. The fourth-order valence-electron chi connectivity index (χ4n) is 3.62. The van der Waals surface area contributed by atoms with Crippen LogP contribution in [0.1, 0.15) is 46.4 Å². The van der Waals surface area contributed by atoms with Crippen LogP contribution in [0.3, 0.4) is 0 Å². The summed E-state index contributed by atoms with van der Waals surface area (Å²) in [6, 6.07) is 12.6. The fraction of sp³-hybridized carbons (Fsp3) is 0.348. The number of carbonyl (C=O) groups is 3. The normalized spacial score (nSPS) is 16.5. The molecular weight excluding hydrogens is 399 g/mol. The highest BCUT2D eigenvalue weighted by molar-refractivity contribution is 5.97. The Hall–Kier alpha value is -3.42. The molecular formula is C23H25FN4O3. The van der Waals surface area contributed by atoms with Crippen molar-refractivity contribution in [2.24, 2.45) is 0 Å². The van der Waals surface area contributed by atoms with Crippen molar-refractivity contribution < 1.29 is 18.8 Å². The van der Waals surface area contributed by atoms with Crippen molar-refractivity contribution in [2.45, 2.75) is 37.8 Å². The van der Waals surface area contributed by atoms with Crippen LogP contribution in [0.25, 0.3) is 0 Å². The molecule has 7 nitrogen and oxygen atoms in total. The van der Waals surface area contributed by atoms with Crippen LogP contribution in [0.5, 0.6) is 0 Å². The first-order chi connectivity index (χ1) is 15.0. The van der Waals surface area contributed by atoms with Gasteiger partial charge in [-0.2, -0.15) is 0 Å². The highest BCUT2D eigenvalue weighted by Gasteiger charge is 2.26. The van der Waals surface area contributed by atoms with E-state index in [-0.39, 0.29) is 35.5 Å². The van der Waals surface area contributed by atoms with Crippen LogP contribution in [-0.2, 0) is 0 Å². The Balaban J connectivity index is 1.29. The number of likely N-dealkylation sites (tertiary alicyclic amines) is 1. The molecule has 0 radical (unpaired) electrons. The zero-order valence-corrected chi connectivity index (χ0v) is 17.1. The predicted octanol–water partition coefficient (Wildman–Crippen LogP) is 3.14. The topological polar surface area (TPSA) is 90.5 Å². The van der Waals surface area contributed by atoms with E-state index >= 15 is 0 Å². The smallest absolute Gasteiger partial charge is 0.319 e. The molecule has 3 N–H and O–H groups in total. The lowest BCUT2D eigenvalue weighted by Gasteiger charge is -2.32. The van der Waals surface area contributed by atoms with Crippen LogP contribution in [0.2, 0.25) is 0 Å². The largest absolute Gasteiger partial charge is 0.349 e. The molecule has 2 fully saturated rings. The first-order valence-electron chi connectivity index (χ1n) is 10.5. The third-order valence-electron chi connectivity index (χ3n) is 5.52. The summed E-state index contributed by atoms with van der Waals surface area (Å²) in [7, 11) is 0. The maximum atomic E-state index is 13.9. The molecule has 8 heteroatoms. The molecule has 0 bridgehead atoms. The highest BCUT2D eigenvalue weighted by Crippen LogP contribution is 2.20. The van der Waals surface area contributed by atoms with Crippen LogP contribution < -0.4 is 16.0 Å². The third-order valence-corrected chi connectivity index (χ3v) is 5.52. The number of urea groups is 1. The summed E-state index contributed by atoms with van der Waals surface area (Å²) in [6.45, 7) is 0.891. The van der Waals surface area contributed by atoms with E-state index in [2.05, 4.69) is 16.0 Å². The molecule has 1 aliphatic heterocycles. The highest BCUT2D eigenvalue weighted by atomic mass is 19.1. The van der Waals surface area contributed by atoms with Crippen molar-refractivity contribution in [3.8, 4) is 0 Å². The van der Waals surface area contributed by atoms with Gasteiger partial charge in [-0.15, -0.1) is 0 Å². The van der Waals surface area contributed by atoms with Crippen molar-refractivity contribution in [1.29, 1.82) is 0 Å². The number of hydrogen-bond acceptors (Lipinski definition) is 3. The Labute approximate surface area is 180 Å². The van der Waals surface area contributed by atoms with Gasteiger partial charge >= 0.3 is 6.03 Å². The number of rotatable bonds is 5. The molecule has 0 atom stereocenters. The van der Waals surface area contributed by atoms with Gasteiger partial charge in [0.2, 0.25) is 0 Å². The zero-order chi connectivity index (χ0) is 21.8. The molecule has 1 saturated heterocycles. The van der Waals surface area contributed by atoms with Crippen LogP contribution >= 0.6 is 0 Å². The fourth-order valence-corrected chi connectivity index (χ4v) is 3.62. The van der Waals surface area contributed by atoms with Crippen LogP contribution in [0.4, 0.5) is 14.9 Å². The van der Waals surface area contributed by atoms with Gasteiger partial charge in [-0.05, 0) is 56.0 Å². The standard InChI is InChI=1S/C23H25FN4O3/c24-20-7-2-1-6-19(20)22(30)28-12-10-17(11-13-28)25-21(29)15-4-3-5-18(14-15)27-23(31)26-16-8-9-16/h1-7,14,16-17H,8-13H2,(H,25,29)(H2,26,27,31). The molecule has 0 aromatic heterocycles. The number of anilines is 1. The Kier molecular flexibility index (Phi) is 6.16. The van der Waals surface area contributed by atoms with Crippen molar-refractivity contribution >= 4 is 23.5 Å². The third kappa shape index (κ3) is 5.39. The molecule has 4 rings (SSSR count). The predicted molar refractivity (Wildman–Crippen MR) is 114 cm³/mol. The van der Waals surface area contributed by atoms with E-state index in [9.17, 15) is 18.8 Å². The van der Waals surface area contributed by atoms with E-state index in [0.29, 0.717) is 37.2 Å². The number of carbonyl (C=O) groups excluding carboxylic acids is 3. The summed E-state index contributed by atoms with van der Waals surface area (Å²) in [4.78, 5) is 38.7. The minimum Gasteiger partial charge on any atom is -0.349 e. The average Bonchev–Trinajstić information content (AvgIpc) is 3.58. The Morgan fingerprint density at radius 1 is 0.871 bits per heavy atom. The zero-order valence-electron chi connectivity index (χ0n) is 17.1. The minimum absolute atomic E-state index is 0.0695. The van der Waals surface area contributed by atoms with E-state index in [0.717, 1.165) is 12.8 Å². The first kappa shape index (κ1) is 20.8. The summed E-state index contributed by atoms with van der Waals surface area (Å²) >= 11 is 0. The van der Waals surface area contributed by atoms with Gasteiger partial charge in [0, 0.05) is 36.4 Å². The number of amides is 4. The quantitative estimate of drug-likeness (QED) is 0.689. The van der Waals surface area contributed by atoms with Crippen molar-refractivity contribution in [3.63, 3.8) is 0 Å². The lowest BCUT2D eigenvalue weighted by atomic mass is 10.0. The van der Waals surface area contributed by atoms with Gasteiger partial charge < -0.3 is 20.9 Å². The number of benzene rings is 2. The molecule has 1 heterocycles. The SMILES string of the molecule is O=C(Nc1cccc(C(=O)NC2CCN(C(=O)c3ccccc3F)CC2)c1)NC1CC1. The summed E-state index contributed by atoms with van der Waals surface area (Å²) in [5.74, 6) is -1.08. The second-order valence-corrected chi connectivity index (χ2v) is 7.97. The molecule has 0 unspecified atom stereocenters. The number of hydrogen-bond donors (Lipinski definition) is 3. The minimum atomic E-state index is -0.526. The molecule has 4 amide bonds. The number of halogens is 1. The summed E-state index contributed by atoms with van der Waals surface area (Å²) in [5.41, 5.74) is 1.07. The van der Waals surface area contributed by atoms with Gasteiger partial charge in [0.1, 0.15) is 5.82 Å².